The average Bonchev–Trinajstić information content (AvgIpc) is 2.76. The van der Waals surface area contributed by atoms with E-state index in [4.69, 9.17) is 10.2 Å². The van der Waals surface area contributed by atoms with Crippen molar-refractivity contribution in [1.29, 1.82) is 0 Å². The molecule has 0 radical (unpaired) electrons. The summed E-state index contributed by atoms with van der Waals surface area (Å²) in [6.07, 6.45) is 0.938. The predicted octanol–water partition coefficient (Wildman–Crippen LogP) is 2.82. The van der Waals surface area contributed by atoms with Gasteiger partial charge in [0.2, 0.25) is 0 Å². The van der Waals surface area contributed by atoms with E-state index in [0.29, 0.717) is 12.5 Å². The van der Waals surface area contributed by atoms with Crippen molar-refractivity contribution in [2.45, 2.75) is 40.2 Å². The largest absolute Gasteiger partial charge is 0.464 e. The highest BCUT2D eigenvalue weighted by atomic mass is 16.3. The Kier molecular flexibility index (Phi) is 5.72. The zero-order chi connectivity index (χ0) is 12.8. The molecule has 98 valence electrons. The van der Waals surface area contributed by atoms with Gasteiger partial charge in [-0.05, 0) is 24.6 Å². The van der Waals surface area contributed by atoms with Crippen molar-refractivity contribution >= 4 is 0 Å². The van der Waals surface area contributed by atoms with Gasteiger partial charge in [-0.15, -0.1) is 0 Å². The zero-order valence-corrected chi connectivity index (χ0v) is 11.6. The van der Waals surface area contributed by atoms with Crippen LogP contribution in [0.2, 0.25) is 0 Å². The first-order valence-corrected chi connectivity index (χ1v) is 6.65. The molecular formula is C14H26N2O. The molecule has 0 saturated heterocycles. The Morgan fingerprint density at radius 1 is 1.29 bits per heavy atom. The standard InChI is InChI=1S/C14H26N2O/c1-5-12-7-8-14(17-12)13(9-15)16(6-2)10-11(3)4/h7-8,11,13H,5-6,9-10,15H2,1-4H3. The lowest BCUT2D eigenvalue weighted by molar-refractivity contribution is 0.167. The van der Waals surface area contributed by atoms with Gasteiger partial charge in [-0.3, -0.25) is 4.90 Å². The number of furan rings is 1. The van der Waals surface area contributed by atoms with E-state index in [-0.39, 0.29) is 6.04 Å². The molecule has 0 aliphatic rings. The minimum atomic E-state index is 0.211. The Morgan fingerprint density at radius 3 is 2.41 bits per heavy atom. The summed E-state index contributed by atoms with van der Waals surface area (Å²) in [5.74, 6) is 2.69. The summed E-state index contributed by atoms with van der Waals surface area (Å²) < 4.78 is 5.83. The lowest BCUT2D eigenvalue weighted by atomic mass is 10.1. The number of nitrogens with zero attached hydrogens (tertiary/aromatic N) is 1. The third-order valence-electron chi connectivity index (χ3n) is 3.03. The van der Waals surface area contributed by atoms with E-state index in [0.717, 1.165) is 31.0 Å². The van der Waals surface area contributed by atoms with Crippen LogP contribution in [-0.4, -0.2) is 24.5 Å². The molecule has 0 spiro atoms. The highest BCUT2D eigenvalue weighted by molar-refractivity contribution is 5.11. The SMILES string of the molecule is CCc1ccc(C(CN)N(CC)CC(C)C)o1. The van der Waals surface area contributed by atoms with E-state index in [1.807, 2.05) is 0 Å². The lowest BCUT2D eigenvalue weighted by Crippen LogP contribution is -2.36. The first-order valence-electron chi connectivity index (χ1n) is 6.65. The third-order valence-corrected chi connectivity index (χ3v) is 3.03. The molecule has 1 rings (SSSR count). The Labute approximate surface area is 105 Å². The summed E-state index contributed by atoms with van der Waals surface area (Å²) in [5, 5.41) is 0. The molecule has 0 bridgehead atoms. The van der Waals surface area contributed by atoms with Gasteiger partial charge < -0.3 is 10.2 Å². The molecule has 2 N–H and O–H groups in total. The Hall–Kier alpha value is -0.800. The highest BCUT2D eigenvalue weighted by Gasteiger charge is 2.21. The number of nitrogens with two attached hydrogens (primary N) is 1. The molecule has 1 heterocycles. The van der Waals surface area contributed by atoms with Crippen LogP contribution in [0.15, 0.2) is 16.5 Å². The molecule has 0 aromatic carbocycles. The highest BCUT2D eigenvalue weighted by Crippen LogP contribution is 2.23. The van der Waals surface area contributed by atoms with Crippen molar-refractivity contribution in [3.05, 3.63) is 23.7 Å². The van der Waals surface area contributed by atoms with Gasteiger partial charge in [0, 0.05) is 19.5 Å². The van der Waals surface area contributed by atoms with Crippen LogP contribution in [0.3, 0.4) is 0 Å². The van der Waals surface area contributed by atoms with Gasteiger partial charge in [-0.2, -0.15) is 0 Å². The molecule has 1 atom stereocenters. The van der Waals surface area contributed by atoms with Crippen LogP contribution in [0, 0.1) is 5.92 Å². The van der Waals surface area contributed by atoms with Crippen LogP contribution in [0.25, 0.3) is 0 Å². The van der Waals surface area contributed by atoms with Crippen LogP contribution >= 0.6 is 0 Å². The molecule has 0 saturated carbocycles. The van der Waals surface area contributed by atoms with Crippen molar-refractivity contribution in [2.24, 2.45) is 11.7 Å². The fourth-order valence-electron chi connectivity index (χ4n) is 2.15. The van der Waals surface area contributed by atoms with Crippen molar-refractivity contribution in [3.8, 4) is 0 Å². The summed E-state index contributed by atoms with van der Waals surface area (Å²) in [6.45, 7) is 11.4. The second-order valence-corrected chi connectivity index (χ2v) is 4.89. The molecule has 0 aliphatic heterocycles. The molecular weight excluding hydrogens is 212 g/mol. The molecule has 0 fully saturated rings. The topological polar surface area (TPSA) is 42.4 Å². The van der Waals surface area contributed by atoms with E-state index in [2.05, 4.69) is 44.7 Å². The second-order valence-electron chi connectivity index (χ2n) is 4.89. The summed E-state index contributed by atoms with van der Waals surface area (Å²) in [7, 11) is 0. The van der Waals surface area contributed by atoms with Crippen LogP contribution < -0.4 is 5.73 Å². The van der Waals surface area contributed by atoms with Gasteiger partial charge in [0.15, 0.2) is 0 Å². The van der Waals surface area contributed by atoms with Crippen LogP contribution in [0.1, 0.15) is 45.3 Å². The van der Waals surface area contributed by atoms with Gasteiger partial charge >= 0.3 is 0 Å². The van der Waals surface area contributed by atoms with Crippen molar-refractivity contribution < 1.29 is 4.42 Å². The molecule has 1 unspecified atom stereocenters. The van der Waals surface area contributed by atoms with Gasteiger partial charge in [0.05, 0.1) is 6.04 Å². The maximum Gasteiger partial charge on any atom is 0.122 e. The minimum absolute atomic E-state index is 0.211. The normalized spacial score (nSPS) is 13.6. The summed E-state index contributed by atoms with van der Waals surface area (Å²) >= 11 is 0. The number of aryl methyl sites for hydroxylation is 1. The fraction of sp³-hybridized carbons (Fsp3) is 0.714. The summed E-state index contributed by atoms with van der Waals surface area (Å²) in [6, 6.07) is 4.34. The first kappa shape index (κ1) is 14.3. The van der Waals surface area contributed by atoms with Crippen LogP contribution in [0.4, 0.5) is 0 Å². The fourth-order valence-corrected chi connectivity index (χ4v) is 2.15. The molecule has 3 nitrogen and oxygen atoms in total. The molecule has 1 aromatic heterocycles. The first-order chi connectivity index (χ1) is 8.12. The molecule has 3 heteroatoms. The van der Waals surface area contributed by atoms with Crippen LogP contribution in [0.5, 0.6) is 0 Å². The predicted molar refractivity (Wildman–Crippen MR) is 72.0 cm³/mol. The zero-order valence-electron chi connectivity index (χ0n) is 11.6. The smallest absolute Gasteiger partial charge is 0.122 e. The van der Waals surface area contributed by atoms with Gasteiger partial charge in [0.1, 0.15) is 11.5 Å². The number of rotatable bonds is 7. The monoisotopic (exact) mass is 238 g/mol. The van der Waals surface area contributed by atoms with Crippen molar-refractivity contribution in [2.75, 3.05) is 19.6 Å². The average molecular weight is 238 g/mol. The number of likely N-dealkylation sites (N-methyl/N-ethyl adjacent to an activating group) is 1. The van der Waals surface area contributed by atoms with E-state index in [1.165, 1.54) is 0 Å². The van der Waals surface area contributed by atoms with E-state index < -0.39 is 0 Å². The maximum absolute atomic E-state index is 5.91. The number of hydrogen-bond donors (Lipinski definition) is 1. The molecule has 0 amide bonds. The quantitative estimate of drug-likeness (QED) is 0.794. The van der Waals surface area contributed by atoms with Crippen molar-refractivity contribution in [3.63, 3.8) is 0 Å². The second kappa shape index (κ2) is 6.82. The lowest BCUT2D eigenvalue weighted by Gasteiger charge is -2.29. The summed E-state index contributed by atoms with van der Waals surface area (Å²) in [5.41, 5.74) is 5.91. The van der Waals surface area contributed by atoms with Crippen molar-refractivity contribution in [1.82, 2.24) is 4.90 Å². The Morgan fingerprint density at radius 2 is 2.00 bits per heavy atom. The van der Waals surface area contributed by atoms with Gasteiger partial charge in [-0.1, -0.05) is 27.7 Å². The van der Waals surface area contributed by atoms with E-state index in [1.54, 1.807) is 0 Å². The third kappa shape index (κ3) is 3.86. The Bertz CT molecular complexity index is 320. The Balaban J connectivity index is 2.80. The van der Waals surface area contributed by atoms with Gasteiger partial charge in [-0.25, -0.2) is 0 Å². The van der Waals surface area contributed by atoms with E-state index >= 15 is 0 Å². The number of hydrogen-bond acceptors (Lipinski definition) is 3. The molecule has 17 heavy (non-hydrogen) atoms. The van der Waals surface area contributed by atoms with Crippen LogP contribution in [-0.2, 0) is 6.42 Å². The maximum atomic E-state index is 5.91. The van der Waals surface area contributed by atoms with E-state index in [9.17, 15) is 0 Å². The minimum Gasteiger partial charge on any atom is -0.464 e. The summed E-state index contributed by atoms with van der Waals surface area (Å²) in [4.78, 5) is 2.39. The molecule has 1 aromatic rings. The van der Waals surface area contributed by atoms with Gasteiger partial charge in [0.25, 0.3) is 0 Å². The molecule has 0 aliphatic carbocycles.